The van der Waals surface area contributed by atoms with E-state index in [0.29, 0.717) is 11.4 Å². The summed E-state index contributed by atoms with van der Waals surface area (Å²) in [6.45, 7) is 2.07. The van der Waals surface area contributed by atoms with Gasteiger partial charge in [0.25, 0.3) is 5.91 Å². The van der Waals surface area contributed by atoms with Crippen LogP contribution in [-0.4, -0.2) is 13.0 Å². The second-order valence-electron chi connectivity index (χ2n) is 5.07. The summed E-state index contributed by atoms with van der Waals surface area (Å²) < 4.78 is 5.92. The minimum atomic E-state index is -0.436. The van der Waals surface area contributed by atoms with E-state index in [9.17, 15) is 10.1 Å². The van der Waals surface area contributed by atoms with Crippen molar-refractivity contribution in [2.75, 3.05) is 12.4 Å². The van der Waals surface area contributed by atoms with Crippen LogP contribution in [0.3, 0.4) is 0 Å². The summed E-state index contributed by atoms with van der Waals surface area (Å²) in [6.07, 6.45) is 2.48. The van der Waals surface area contributed by atoms with Crippen LogP contribution >= 0.6 is 15.9 Å². The maximum atomic E-state index is 12.3. The lowest BCUT2D eigenvalue weighted by Crippen LogP contribution is -2.13. The second-order valence-corrected chi connectivity index (χ2v) is 5.92. The Kier molecular flexibility index (Phi) is 6.16. The molecule has 0 heterocycles. The highest BCUT2D eigenvalue weighted by Crippen LogP contribution is 2.26. The number of carbonyl (C=O) groups excluding carboxylic acids is 1. The molecule has 1 N–H and O–H groups in total. The fourth-order valence-electron chi connectivity index (χ4n) is 2.11. The van der Waals surface area contributed by atoms with Crippen molar-refractivity contribution in [3.05, 3.63) is 63.6 Å². The third-order valence-corrected chi connectivity index (χ3v) is 4.09. The molecular formula is C19H17BrN2O2. The molecule has 0 unspecified atom stereocenters. The quantitative estimate of drug-likeness (QED) is 0.606. The van der Waals surface area contributed by atoms with Gasteiger partial charge in [0.1, 0.15) is 17.4 Å². The number of hydrogen-bond acceptors (Lipinski definition) is 3. The molecule has 122 valence electrons. The zero-order valence-corrected chi connectivity index (χ0v) is 15.1. The zero-order chi connectivity index (χ0) is 17.5. The van der Waals surface area contributed by atoms with Crippen molar-refractivity contribution in [3.8, 4) is 11.8 Å². The average molecular weight is 385 g/mol. The molecule has 0 atom stereocenters. The number of halogens is 1. The van der Waals surface area contributed by atoms with E-state index >= 15 is 0 Å². The molecule has 0 spiro atoms. The number of carbonyl (C=O) groups is 1. The fraction of sp³-hybridized carbons (Fsp3) is 0.158. The number of ether oxygens (including phenoxy) is 1. The summed E-state index contributed by atoms with van der Waals surface area (Å²) in [6, 6.07) is 14.8. The van der Waals surface area contributed by atoms with Crippen LogP contribution in [-0.2, 0) is 11.2 Å². The summed E-state index contributed by atoms with van der Waals surface area (Å²) in [7, 11) is 1.58. The number of rotatable bonds is 5. The van der Waals surface area contributed by atoms with Crippen molar-refractivity contribution >= 4 is 33.6 Å². The Morgan fingerprint density at radius 3 is 2.54 bits per heavy atom. The molecule has 24 heavy (non-hydrogen) atoms. The summed E-state index contributed by atoms with van der Waals surface area (Å²) in [4.78, 5) is 12.3. The summed E-state index contributed by atoms with van der Waals surface area (Å²) in [5.41, 5.74) is 2.61. The van der Waals surface area contributed by atoms with Crippen LogP contribution in [0.15, 0.2) is 52.5 Å². The smallest absolute Gasteiger partial charge is 0.266 e. The number of nitriles is 1. The molecule has 2 aromatic carbocycles. The van der Waals surface area contributed by atoms with Crippen LogP contribution < -0.4 is 10.1 Å². The molecule has 0 bridgehead atoms. The number of anilines is 1. The maximum absolute atomic E-state index is 12.3. The van der Waals surface area contributed by atoms with E-state index in [1.54, 1.807) is 31.4 Å². The van der Waals surface area contributed by atoms with Gasteiger partial charge in [-0.15, -0.1) is 0 Å². The van der Waals surface area contributed by atoms with E-state index in [2.05, 4.69) is 28.2 Å². The molecular weight excluding hydrogens is 368 g/mol. The number of nitrogens with one attached hydrogen (secondary N) is 1. The molecule has 5 heteroatoms. The Morgan fingerprint density at radius 1 is 1.29 bits per heavy atom. The van der Waals surface area contributed by atoms with Crippen LogP contribution in [0.2, 0.25) is 0 Å². The van der Waals surface area contributed by atoms with Gasteiger partial charge in [0.05, 0.1) is 11.6 Å². The predicted molar refractivity (Wildman–Crippen MR) is 98.7 cm³/mol. The van der Waals surface area contributed by atoms with Crippen LogP contribution in [0.4, 0.5) is 5.69 Å². The number of benzene rings is 2. The van der Waals surface area contributed by atoms with Crippen LogP contribution in [0.1, 0.15) is 18.1 Å². The normalized spacial score (nSPS) is 10.8. The van der Waals surface area contributed by atoms with Crippen molar-refractivity contribution in [1.82, 2.24) is 0 Å². The van der Waals surface area contributed by atoms with E-state index in [1.807, 2.05) is 30.3 Å². The Bertz CT molecular complexity index is 805. The van der Waals surface area contributed by atoms with Gasteiger partial charge in [-0.1, -0.05) is 25.1 Å². The first-order valence-electron chi connectivity index (χ1n) is 7.43. The number of hydrogen-bond donors (Lipinski definition) is 1. The molecule has 0 aliphatic rings. The molecule has 0 saturated heterocycles. The molecule has 0 aliphatic heterocycles. The van der Waals surface area contributed by atoms with Crippen molar-refractivity contribution in [1.29, 1.82) is 5.26 Å². The predicted octanol–water partition coefficient (Wildman–Crippen LogP) is 4.57. The Labute approximate surface area is 149 Å². The van der Waals surface area contributed by atoms with Gasteiger partial charge in [0.15, 0.2) is 0 Å². The highest BCUT2D eigenvalue weighted by molar-refractivity contribution is 9.10. The van der Waals surface area contributed by atoms with Crippen molar-refractivity contribution in [3.63, 3.8) is 0 Å². The number of methoxy groups -OCH3 is 1. The van der Waals surface area contributed by atoms with E-state index in [-0.39, 0.29) is 5.57 Å². The Balaban J connectivity index is 2.18. The molecule has 2 aromatic rings. The number of nitrogens with zero attached hydrogens (tertiary/aromatic N) is 1. The van der Waals surface area contributed by atoms with Crippen molar-refractivity contribution in [2.24, 2.45) is 0 Å². The summed E-state index contributed by atoms with van der Waals surface area (Å²) >= 11 is 3.39. The second kappa shape index (κ2) is 8.32. The van der Waals surface area contributed by atoms with E-state index in [4.69, 9.17) is 4.74 Å². The minimum absolute atomic E-state index is 0.0339. The molecule has 0 saturated carbocycles. The Morgan fingerprint density at radius 2 is 2.00 bits per heavy atom. The molecule has 2 rings (SSSR count). The largest absolute Gasteiger partial charge is 0.496 e. The topological polar surface area (TPSA) is 62.1 Å². The lowest BCUT2D eigenvalue weighted by Gasteiger charge is -2.06. The SMILES string of the molecule is CCc1ccc(NC(=O)/C(C#N)=C/c2ccc(OC)c(Br)c2)cc1. The van der Waals surface area contributed by atoms with Gasteiger partial charge in [-0.2, -0.15) is 5.26 Å². The van der Waals surface area contributed by atoms with E-state index < -0.39 is 5.91 Å². The first kappa shape index (κ1) is 17.8. The third-order valence-electron chi connectivity index (χ3n) is 3.47. The van der Waals surface area contributed by atoms with Gasteiger partial charge in [-0.25, -0.2) is 0 Å². The number of amides is 1. The molecule has 0 fully saturated rings. The molecule has 0 radical (unpaired) electrons. The van der Waals surface area contributed by atoms with Crippen LogP contribution in [0.5, 0.6) is 5.75 Å². The average Bonchev–Trinajstić information content (AvgIpc) is 2.60. The van der Waals surface area contributed by atoms with Crippen molar-refractivity contribution < 1.29 is 9.53 Å². The van der Waals surface area contributed by atoms with Gasteiger partial charge in [0, 0.05) is 5.69 Å². The monoisotopic (exact) mass is 384 g/mol. The number of aryl methyl sites for hydroxylation is 1. The molecule has 1 amide bonds. The maximum Gasteiger partial charge on any atom is 0.266 e. The molecule has 0 aliphatic carbocycles. The fourth-order valence-corrected chi connectivity index (χ4v) is 2.67. The highest BCUT2D eigenvalue weighted by Gasteiger charge is 2.10. The first-order chi connectivity index (χ1) is 11.6. The van der Waals surface area contributed by atoms with Crippen LogP contribution in [0, 0.1) is 11.3 Å². The summed E-state index contributed by atoms with van der Waals surface area (Å²) in [5.74, 6) is 0.250. The summed E-state index contributed by atoms with van der Waals surface area (Å²) in [5, 5.41) is 12.0. The van der Waals surface area contributed by atoms with Crippen LogP contribution in [0.25, 0.3) is 6.08 Å². The van der Waals surface area contributed by atoms with Gasteiger partial charge >= 0.3 is 0 Å². The van der Waals surface area contributed by atoms with Gasteiger partial charge in [0.2, 0.25) is 0 Å². The lowest BCUT2D eigenvalue weighted by atomic mass is 10.1. The van der Waals surface area contributed by atoms with Crippen molar-refractivity contribution in [2.45, 2.75) is 13.3 Å². The first-order valence-corrected chi connectivity index (χ1v) is 8.22. The highest BCUT2D eigenvalue weighted by atomic mass is 79.9. The van der Waals surface area contributed by atoms with E-state index in [0.717, 1.165) is 16.5 Å². The van der Waals surface area contributed by atoms with Gasteiger partial charge in [-0.3, -0.25) is 4.79 Å². The lowest BCUT2D eigenvalue weighted by molar-refractivity contribution is -0.112. The van der Waals surface area contributed by atoms with E-state index in [1.165, 1.54) is 5.56 Å². The molecule has 4 nitrogen and oxygen atoms in total. The zero-order valence-electron chi connectivity index (χ0n) is 13.5. The minimum Gasteiger partial charge on any atom is -0.496 e. The van der Waals surface area contributed by atoms with Gasteiger partial charge in [-0.05, 0) is 63.8 Å². The standard InChI is InChI=1S/C19H17BrN2O2/c1-3-13-4-7-16(8-5-13)22-19(23)15(12-21)10-14-6-9-18(24-2)17(20)11-14/h4-11H,3H2,1-2H3,(H,22,23)/b15-10+. The molecule has 0 aromatic heterocycles. The Hall–Kier alpha value is -2.58. The van der Waals surface area contributed by atoms with Gasteiger partial charge < -0.3 is 10.1 Å². The third kappa shape index (κ3) is 4.46.